The molecule has 14 heavy (non-hydrogen) atoms. The lowest BCUT2D eigenvalue weighted by Crippen LogP contribution is -1.97. The largest absolute Gasteiger partial charge is 0.411 e. The van der Waals surface area contributed by atoms with Crippen molar-refractivity contribution in [3.63, 3.8) is 0 Å². The molecule has 0 aliphatic rings. The van der Waals surface area contributed by atoms with E-state index in [-0.39, 0.29) is 0 Å². The van der Waals surface area contributed by atoms with E-state index in [1.165, 1.54) is 4.90 Å². The predicted molar refractivity (Wildman–Crippen MR) is 64.0 cm³/mol. The van der Waals surface area contributed by atoms with Gasteiger partial charge in [-0.1, -0.05) is 5.16 Å². The Balaban J connectivity index is 3.21. The highest BCUT2D eigenvalue weighted by molar-refractivity contribution is 7.99. The van der Waals surface area contributed by atoms with Gasteiger partial charge < -0.3 is 5.21 Å². The number of rotatable bonds is 3. The summed E-state index contributed by atoms with van der Waals surface area (Å²) >= 11 is 3.34. The smallest absolute Gasteiger partial charge is 0.0848 e. The van der Waals surface area contributed by atoms with Crippen LogP contribution in [0.5, 0.6) is 0 Å². The molecule has 0 aliphatic heterocycles. The Labute approximate surface area is 92.8 Å². The highest BCUT2D eigenvalue weighted by Gasteiger charge is 2.06. The first-order valence-corrected chi connectivity index (χ1v) is 6.59. The van der Waals surface area contributed by atoms with Gasteiger partial charge in [-0.2, -0.15) is 0 Å². The number of hydrogen-bond acceptors (Lipinski definition) is 4. The third kappa shape index (κ3) is 2.45. The van der Waals surface area contributed by atoms with Crippen LogP contribution < -0.4 is 0 Å². The van der Waals surface area contributed by atoms with Crippen LogP contribution >= 0.6 is 23.5 Å². The summed E-state index contributed by atoms with van der Waals surface area (Å²) in [5.41, 5.74) is 1.66. The van der Waals surface area contributed by atoms with E-state index in [0.29, 0.717) is 5.71 Å². The summed E-state index contributed by atoms with van der Waals surface area (Å²) in [6, 6.07) is 6.18. The molecule has 1 aromatic rings. The Kier molecular flexibility index (Phi) is 4.35. The highest BCUT2D eigenvalue weighted by Crippen LogP contribution is 2.26. The van der Waals surface area contributed by atoms with Gasteiger partial charge in [-0.05, 0) is 37.6 Å². The van der Waals surface area contributed by atoms with Crippen LogP contribution in [0.15, 0.2) is 33.1 Å². The van der Waals surface area contributed by atoms with Crippen molar-refractivity contribution in [2.45, 2.75) is 16.7 Å². The molecule has 0 saturated carbocycles. The van der Waals surface area contributed by atoms with Gasteiger partial charge >= 0.3 is 0 Å². The van der Waals surface area contributed by atoms with Crippen molar-refractivity contribution in [1.82, 2.24) is 0 Å². The second kappa shape index (κ2) is 5.32. The van der Waals surface area contributed by atoms with Crippen LogP contribution in [0.1, 0.15) is 12.5 Å². The van der Waals surface area contributed by atoms with Crippen LogP contribution in [-0.4, -0.2) is 23.4 Å². The third-order valence-electron chi connectivity index (χ3n) is 1.95. The zero-order chi connectivity index (χ0) is 10.6. The van der Waals surface area contributed by atoms with Gasteiger partial charge in [0.15, 0.2) is 0 Å². The predicted octanol–water partition coefficient (Wildman–Crippen LogP) is 3.33. The van der Waals surface area contributed by atoms with Crippen molar-refractivity contribution in [2.75, 3.05) is 12.5 Å². The van der Waals surface area contributed by atoms with Crippen LogP contribution in [0, 0.1) is 0 Å². The first-order valence-electron chi connectivity index (χ1n) is 4.14. The number of benzene rings is 1. The average molecular weight is 227 g/mol. The Bertz CT molecular complexity index is 350. The molecule has 0 heterocycles. The summed E-state index contributed by atoms with van der Waals surface area (Å²) in [5, 5.41) is 12.0. The van der Waals surface area contributed by atoms with E-state index in [9.17, 15) is 0 Å². The van der Waals surface area contributed by atoms with E-state index >= 15 is 0 Å². The number of thioether (sulfide) groups is 2. The maximum atomic E-state index is 8.74. The minimum Gasteiger partial charge on any atom is -0.411 e. The maximum Gasteiger partial charge on any atom is 0.0848 e. The fourth-order valence-corrected chi connectivity index (χ4v) is 2.22. The van der Waals surface area contributed by atoms with Crippen LogP contribution in [-0.2, 0) is 0 Å². The van der Waals surface area contributed by atoms with Gasteiger partial charge in [0.1, 0.15) is 0 Å². The lowest BCUT2D eigenvalue weighted by atomic mass is 10.1. The van der Waals surface area contributed by atoms with Crippen LogP contribution in [0.3, 0.4) is 0 Å². The molecule has 0 aromatic heterocycles. The van der Waals surface area contributed by atoms with Crippen molar-refractivity contribution in [1.29, 1.82) is 0 Å². The van der Waals surface area contributed by atoms with Crippen LogP contribution in [0.2, 0.25) is 0 Å². The Morgan fingerprint density at radius 2 is 2.00 bits per heavy atom. The standard InChI is InChI=1S/C10H13NOS2/c1-7(11-12)9-6-8(13-2)4-5-10(9)14-3/h4-6,12H,1-3H3/b11-7+. The van der Waals surface area contributed by atoms with Crippen molar-refractivity contribution >= 4 is 29.2 Å². The molecule has 0 saturated heterocycles. The van der Waals surface area contributed by atoms with E-state index in [1.807, 2.05) is 18.6 Å². The van der Waals surface area contributed by atoms with Gasteiger partial charge in [0.25, 0.3) is 0 Å². The number of nitrogens with zero attached hydrogens (tertiary/aromatic N) is 1. The first kappa shape index (κ1) is 11.5. The minimum atomic E-state index is 0.658. The molecule has 0 spiro atoms. The molecule has 1 aromatic carbocycles. The maximum absolute atomic E-state index is 8.74. The SMILES string of the molecule is CSc1ccc(SC)c(/C(C)=N/O)c1. The highest BCUT2D eigenvalue weighted by atomic mass is 32.2. The van der Waals surface area contributed by atoms with Crippen LogP contribution in [0.25, 0.3) is 0 Å². The van der Waals surface area contributed by atoms with Crippen LogP contribution in [0.4, 0.5) is 0 Å². The van der Waals surface area contributed by atoms with E-state index in [2.05, 4.69) is 17.3 Å². The normalized spacial score (nSPS) is 11.8. The third-order valence-corrected chi connectivity index (χ3v) is 3.47. The summed E-state index contributed by atoms with van der Waals surface area (Å²) in [5.74, 6) is 0. The van der Waals surface area contributed by atoms with Gasteiger partial charge in [-0.15, -0.1) is 23.5 Å². The molecule has 1 N–H and O–H groups in total. The Morgan fingerprint density at radius 1 is 1.29 bits per heavy atom. The first-order chi connectivity index (χ1) is 6.72. The van der Waals surface area contributed by atoms with E-state index in [1.54, 1.807) is 30.4 Å². The second-order valence-corrected chi connectivity index (χ2v) is 4.48. The van der Waals surface area contributed by atoms with Crippen molar-refractivity contribution in [2.24, 2.45) is 5.16 Å². The van der Waals surface area contributed by atoms with Crippen molar-refractivity contribution < 1.29 is 5.21 Å². The molecule has 0 bridgehead atoms. The zero-order valence-electron chi connectivity index (χ0n) is 8.44. The van der Waals surface area contributed by atoms with E-state index in [4.69, 9.17) is 5.21 Å². The monoisotopic (exact) mass is 227 g/mol. The average Bonchev–Trinajstić information content (AvgIpc) is 2.27. The molecule has 76 valence electrons. The molecule has 0 aliphatic carbocycles. The fraction of sp³-hybridized carbons (Fsp3) is 0.300. The summed E-state index contributed by atoms with van der Waals surface area (Å²) < 4.78 is 0. The number of hydrogen-bond donors (Lipinski definition) is 1. The lowest BCUT2D eigenvalue weighted by molar-refractivity contribution is 0.319. The molecular weight excluding hydrogens is 214 g/mol. The number of oxime groups is 1. The summed E-state index contributed by atoms with van der Waals surface area (Å²) in [7, 11) is 0. The van der Waals surface area contributed by atoms with E-state index < -0.39 is 0 Å². The molecular formula is C10H13NOS2. The summed E-state index contributed by atoms with van der Waals surface area (Å²) in [6.45, 7) is 1.80. The molecule has 0 unspecified atom stereocenters. The fourth-order valence-electron chi connectivity index (χ4n) is 1.15. The van der Waals surface area contributed by atoms with E-state index in [0.717, 1.165) is 10.5 Å². The molecule has 0 atom stereocenters. The minimum absolute atomic E-state index is 0.658. The van der Waals surface area contributed by atoms with Gasteiger partial charge in [0, 0.05) is 15.4 Å². The molecule has 1 rings (SSSR count). The van der Waals surface area contributed by atoms with Gasteiger partial charge in [0.05, 0.1) is 5.71 Å². The van der Waals surface area contributed by atoms with Crippen molar-refractivity contribution in [3.05, 3.63) is 23.8 Å². The molecule has 4 heteroatoms. The van der Waals surface area contributed by atoms with Crippen molar-refractivity contribution in [3.8, 4) is 0 Å². The zero-order valence-corrected chi connectivity index (χ0v) is 10.1. The Hall–Kier alpha value is -0.610. The van der Waals surface area contributed by atoms with Gasteiger partial charge in [-0.25, -0.2) is 0 Å². The van der Waals surface area contributed by atoms with Gasteiger partial charge in [-0.3, -0.25) is 0 Å². The second-order valence-electron chi connectivity index (χ2n) is 2.75. The summed E-state index contributed by atoms with van der Waals surface area (Å²) in [4.78, 5) is 2.32. The molecule has 0 radical (unpaired) electrons. The summed E-state index contributed by atoms with van der Waals surface area (Å²) in [6.07, 6.45) is 4.05. The molecule has 0 fully saturated rings. The topological polar surface area (TPSA) is 32.6 Å². The molecule has 2 nitrogen and oxygen atoms in total. The van der Waals surface area contributed by atoms with Gasteiger partial charge in [0.2, 0.25) is 0 Å². The quantitative estimate of drug-likeness (QED) is 0.372. The molecule has 0 amide bonds. The Morgan fingerprint density at radius 3 is 2.50 bits per heavy atom. The lowest BCUT2D eigenvalue weighted by Gasteiger charge is -2.07.